The first-order valence-electron chi connectivity index (χ1n) is 7.32. The van der Waals surface area contributed by atoms with Crippen molar-refractivity contribution in [3.8, 4) is 0 Å². The second kappa shape index (κ2) is 8.49. The lowest BCUT2D eigenvalue weighted by Gasteiger charge is -2.19. The van der Waals surface area contributed by atoms with Crippen LogP contribution in [0.25, 0.3) is 0 Å². The zero-order chi connectivity index (χ0) is 13.4. The zero-order valence-corrected chi connectivity index (χ0v) is 15.1. The molecule has 0 saturated carbocycles. The van der Waals surface area contributed by atoms with E-state index in [1.807, 2.05) is 7.11 Å². The van der Waals surface area contributed by atoms with E-state index in [0.717, 1.165) is 0 Å². The van der Waals surface area contributed by atoms with Gasteiger partial charge in [-0.2, -0.15) is 0 Å². The van der Waals surface area contributed by atoms with Crippen molar-refractivity contribution in [2.24, 2.45) is 0 Å². The highest BCUT2D eigenvalue weighted by Crippen LogP contribution is 2.18. The molecule has 0 aliphatic carbocycles. The SMILES string of the molecule is CO[Si](C)(C)CCCCCCCC[Si](C)(C)C. The molecule has 0 heterocycles. The molecule has 0 aliphatic rings. The topological polar surface area (TPSA) is 9.23 Å². The van der Waals surface area contributed by atoms with Crippen LogP contribution in [-0.2, 0) is 4.43 Å². The fourth-order valence-corrected chi connectivity index (χ4v) is 4.63. The Hall–Kier alpha value is 0.394. The van der Waals surface area contributed by atoms with Crippen LogP contribution in [0.15, 0.2) is 0 Å². The maximum absolute atomic E-state index is 5.56. The Kier molecular flexibility index (Phi) is 8.68. The lowest BCUT2D eigenvalue weighted by molar-refractivity contribution is 0.400. The predicted molar refractivity (Wildman–Crippen MR) is 85.2 cm³/mol. The van der Waals surface area contributed by atoms with Crippen LogP contribution in [0, 0.1) is 0 Å². The molecule has 0 atom stereocenters. The van der Waals surface area contributed by atoms with Crippen LogP contribution in [0.5, 0.6) is 0 Å². The molecular formula is C14H34OSi2. The van der Waals surface area contributed by atoms with Crippen molar-refractivity contribution < 1.29 is 4.43 Å². The summed E-state index contributed by atoms with van der Waals surface area (Å²) in [7, 11) is -0.168. The van der Waals surface area contributed by atoms with Gasteiger partial charge in [0, 0.05) is 15.2 Å². The van der Waals surface area contributed by atoms with Crippen LogP contribution < -0.4 is 0 Å². The smallest absolute Gasteiger partial charge is 0.186 e. The summed E-state index contributed by atoms with van der Waals surface area (Å²) >= 11 is 0. The van der Waals surface area contributed by atoms with Gasteiger partial charge in [-0.25, -0.2) is 0 Å². The molecule has 0 saturated heterocycles. The maximum Gasteiger partial charge on any atom is 0.186 e. The second-order valence-corrected chi connectivity index (χ2v) is 17.2. The van der Waals surface area contributed by atoms with Gasteiger partial charge in [-0.1, -0.05) is 64.2 Å². The summed E-state index contributed by atoms with van der Waals surface area (Å²) in [5.41, 5.74) is 0. The minimum Gasteiger partial charge on any atom is -0.420 e. The minimum atomic E-state index is -1.27. The summed E-state index contributed by atoms with van der Waals surface area (Å²) in [6.45, 7) is 12.1. The third-order valence-corrected chi connectivity index (χ3v) is 8.02. The van der Waals surface area contributed by atoms with Crippen LogP contribution in [0.3, 0.4) is 0 Å². The average molecular weight is 275 g/mol. The molecule has 0 radical (unpaired) electrons. The van der Waals surface area contributed by atoms with Gasteiger partial charge in [-0.05, 0) is 19.1 Å². The van der Waals surface area contributed by atoms with Crippen molar-refractivity contribution in [1.29, 1.82) is 0 Å². The third-order valence-electron chi connectivity index (χ3n) is 3.51. The summed E-state index contributed by atoms with van der Waals surface area (Å²) in [4.78, 5) is 0. The maximum atomic E-state index is 5.56. The van der Waals surface area contributed by atoms with E-state index in [-0.39, 0.29) is 0 Å². The number of unbranched alkanes of at least 4 members (excludes halogenated alkanes) is 5. The summed E-state index contributed by atoms with van der Waals surface area (Å²) in [5.74, 6) is 0. The molecule has 0 N–H and O–H groups in total. The predicted octanol–water partition coefficient (Wildman–Crippen LogP) is 5.52. The molecule has 0 spiro atoms. The van der Waals surface area contributed by atoms with E-state index in [9.17, 15) is 0 Å². The van der Waals surface area contributed by atoms with Crippen LogP contribution in [-0.4, -0.2) is 23.5 Å². The molecule has 0 amide bonds. The highest BCUT2D eigenvalue weighted by atomic mass is 28.4. The van der Waals surface area contributed by atoms with E-state index in [0.29, 0.717) is 0 Å². The Balaban J connectivity index is 3.25. The van der Waals surface area contributed by atoms with Crippen LogP contribution in [0.4, 0.5) is 0 Å². The summed E-state index contributed by atoms with van der Waals surface area (Å²) in [6.07, 6.45) is 8.58. The van der Waals surface area contributed by atoms with Crippen LogP contribution in [0.1, 0.15) is 38.5 Å². The summed E-state index contributed by atoms with van der Waals surface area (Å²) in [6, 6.07) is 2.84. The van der Waals surface area contributed by atoms with Gasteiger partial charge in [-0.15, -0.1) is 0 Å². The molecule has 0 aliphatic heterocycles. The van der Waals surface area contributed by atoms with Gasteiger partial charge >= 0.3 is 0 Å². The lowest BCUT2D eigenvalue weighted by Crippen LogP contribution is -2.27. The first-order chi connectivity index (χ1) is 7.77. The molecule has 0 aromatic rings. The lowest BCUT2D eigenvalue weighted by atomic mass is 10.1. The van der Waals surface area contributed by atoms with E-state index in [1.165, 1.54) is 50.6 Å². The first-order valence-corrected chi connectivity index (χ1v) is 14.1. The van der Waals surface area contributed by atoms with Gasteiger partial charge in [-0.3, -0.25) is 0 Å². The highest BCUT2D eigenvalue weighted by molar-refractivity contribution is 6.76. The van der Waals surface area contributed by atoms with E-state index in [2.05, 4.69) is 32.7 Å². The highest BCUT2D eigenvalue weighted by Gasteiger charge is 2.19. The van der Waals surface area contributed by atoms with Crippen molar-refractivity contribution in [3.63, 3.8) is 0 Å². The van der Waals surface area contributed by atoms with Crippen molar-refractivity contribution in [1.82, 2.24) is 0 Å². The number of rotatable bonds is 10. The molecule has 0 aromatic carbocycles. The molecule has 0 bridgehead atoms. The minimum absolute atomic E-state index is 0.773. The molecule has 3 heteroatoms. The van der Waals surface area contributed by atoms with Gasteiger partial charge in [0.05, 0.1) is 0 Å². The van der Waals surface area contributed by atoms with Crippen molar-refractivity contribution >= 4 is 16.4 Å². The van der Waals surface area contributed by atoms with E-state index < -0.39 is 16.4 Å². The Morgan fingerprint density at radius 1 is 0.647 bits per heavy atom. The summed E-state index contributed by atoms with van der Waals surface area (Å²) < 4.78 is 5.56. The van der Waals surface area contributed by atoms with Gasteiger partial charge in [0.15, 0.2) is 8.32 Å². The Morgan fingerprint density at radius 2 is 1.06 bits per heavy atom. The molecule has 1 nitrogen and oxygen atoms in total. The van der Waals surface area contributed by atoms with E-state index >= 15 is 0 Å². The molecule has 0 fully saturated rings. The summed E-state index contributed by atoms with van der Waals surface area (Å²) in [5, 5.41) is 0. The van der Waals surface area contributed by atoms with Crippen LogP contribution >= 0.6 is 0 Å². The van der Waals surface area contributed by atoms with Gasteiger partial charge < -0.3 is 4.43 Å². The first kappa shape index (κ1) is 17.4. The van der Waals surface area contributed by atoms with Crippen molar-refractivity contribution in [3.05, 3.63) is 0 Å². The van der Waals surface area contributed by atoms with Gasteiger partial charge in [0.1, 0.15) is 0 Å². The third kappa shape index (κ3) is 12.6. The van der Waals surface area contributed by atoms with E-state index in [4.69, 9.17) is 4.43 Å². The van der Waals surface area contributed by atoms with Crippen molar-refractivity contribution in [2.45, 2.75) is 83.3 Å². The fourth-order valence-electron chi connectivity index (χ4n) is 2.02. The van der Waals surface area contributed by atoms with Crippen LogP contribution in [0.2, 0.25) is 44.8 Å². The molecule has 104 valence electrons. The standard InChI is InChI=1S/C14H34OSi2/c1-15-17(5,6)14-12-10-8-7-9-11-13-16(2,3)4/h7-14H2,1-6H3. The van der Waals surface area contributed by atoms with Gasteiger partial charge in [0.25, 0.3) is 0 Å². The zero-order valence-electron chi connectivity index (χ0n) is 13.1. The van der Waals surface area contributed by atoms with E-state index in [1.54, 1.807) is 0 Å². The Bertz CT molecular complexity index is 185. The molecule has 17 heavy (non-hydrogen) atoms. The normalized spacial score (nSPS) is 13.1. The molecule has 0 unspecified atom stereocenters. The fraction of sp³-hybridized carbons (Fsp3) is 1.00. The molecular weight excluding hydrogens is 240 g/mol. The largest absolute Gasteiger partial charge is 0.420 e. The second-order valence-electron chi connectivity index (χ2n) is 7.15. The molecule has 0 rings (SSSR count). The number of hydrogen-bond acceptors (Lipinski definition) is 1. The Labute approximate surface area is 111 Å². The monoisotopic (exact) mass is 274 g/mol. The van der Waals surface area contributed by atoms with Crippen molar-refractivity contribution in [2.75, 3.05) is 7.11 Å². The average Bonchev–Trinajstić information content (AvgIpc) is 2.20. The Morgan fingerprint density at radius 3 is 1.47 bits per heavy atom. The number of hydrogen-bond donors (Lipinski definition) is 0. The molecule has 0 aromatic heterocycles. The quantitative estimate of drug-likeness (QED) is 0.377. The van der Waals surface area contributed by atoms with Gasteiger partial charge in [0.2, 0.25) is 0 Å².